The van der Waals surface area contributed by atoms with Crippen LogP contribution in [0.5, 0.6) is 0 Å². The molecule has 0 aliphatic heterocycles. The summed E-state index contributed by atoms with van der Waals surface area (Å²) in [6, 6.07) is 8.39. The maximum Gasteiger partial charge on any atom is 0.306 e. The van der Waals surface area contributed by atoms with Crippen molar-refractivity contribution >= 4 is 5.97 Å². The Balaban J connectivity index is 0.000000873. The molecule has 0 bridgehead atoms. The molecule has 0 radical (unpaired) electrons. The molecule has 0 aliphatic carbocycles. The summed E-state index contributed by atoms with van der Waals surface area (Å²) >= 11 is 0. The minimum Gasteiger partial charge on any atom is -0.466 e. The summed E-state index contributed by atoms with van der Waals surface area (Å²) < 4.78 is 4.87. The van der Waals surface area contributed by atoms with Crippen molar-refractivity contribution in [3.05, 3.63) is 35.4 Å². The fourth-order valence-electron chi connectivity index (χ4n) is 1.42. The summed E-state index contributed by atoms with van der Waals surface area (Å²) in [7, 11) is 0. The van der Waals surface area contributed by atoms with E-state index in [1.54, 1.807) is 0 Å². The Morgan fingerprint density at radius 2 is 1.50 bits per heavy atom. The molecule has 1 aromatic rings. The van der Waals surface area contributed by atoms with Gasteiger partial charge < -0.3 is 4.74 Å². The highest BCUT2D eigenvalue weighted by molar-refractivity contribution is 5.69. The van der Waals surface area contributed by atoms with E-state index in [0.29, 0.717) is 13.0 Å². The van der Waals surface area contributed by atoms with Crippen LogP contribution >= 0.6 is 0 Å². The second-order valence-electron chi connectivity index (χ2n) is 4.18. The number of benzene rings is 1. The van der Waals surface area contributed by atoms with Gasteiger partial charge in [-0.25, -0.2) is 0 Å². The predicted molar refractivity (Wildman–Crippen MR) is 76.7 cm³/mol. The molecule has 0 aromatic heterocycles. The van der Waals surface area contributed by atoms with Crippen molar-refractivity contribution in [3.63, 3.8) is 0 Å². The predicted octanol–water partition coefficient (Wildman–Crippen LogP) is 4.16. The van der Waals surface area contributed by atoms with E-state index in [1.165, 1.54) is 17.5 Å². The number of hydrogen-bond acceptors (Lipinski definition) is 2. The molecule has 102 valence electrons. The van der Waals surface area contributed by atoms with E-state index in [-0.39, 0.29) is 5.97 Å². The summed E-state index contributed by atoms with van der Waals surface area (Å²) in [6.07, 6.45) is 3.54. The standard InChI is InChI=1S/C13H18O2.C3H8/c1-3-11-5-7-12(8-6-11)9-10-13(14)15-4-2;1-3-2/h5-8H,3-4,9-10H2,1-2H3;3H2,1-2H3. The normalized spacial score (nSPS) is 9.33. The third-order valence-corrected chi connectivity index (χ3v) is 2.35. The number of ether oxygens (including phenoxy) is 1. The number of rotatable bonds is 5. The molecule has 2 nitrogen and oxygen atoms in total. The summed E-state index contributed by atoms with van der Waals surface area (Å²) in [6.45, 7) is 8.68. The number of hydrogen-bond donors (Lipinski definition) is 0. The number of carbonyl (C=O) groups excluding carboxylic acids is 1. The Morgan fingerprint density at radius 1 is 1.00 bits per heavy atom. The van der Waals surface area contributed by atoms with Crippen LogP contribution in [0.3, 0.4) is 0 Å². The van der Waals surface area contributed by atoms with Gasteiger partial charge in [0.15, 0.2) is 0 Å². The van der Waals surface area contributed by atoms with E-state index in [2.05, 4.69) is 45.0 Å². The van der Waals surface area contributed by atoms with E-state index in [4.69, 9.17) is 4.74 Å². The van der Waals surface area contributed by atoms with Crippen LogP contribution in [0.2, 0.25) is 0 Å². The van der Waals surface area contributed by atoms with E-state index in [0.717, 1.165) is 12.8 Å². The molecule has 18 heavy (non-hydrogen) atoms. The molecule has 0 heterocycles. The molecule has 0 fully saturated rings. The van der Waals surface area contributed by atoms with Crippen molar-refractivity contribution in [3.8, 4) is 0 Å². The van der Waals surface area contributed by atoms with Gasteiger partial charge in [0, 0.05) is 6.42 Å². The van der Waals surface area contributed by atoms with Crippen LogP contribution in [-0.2, 0) is 22.4 Å². The van der Waals surface area contributed by atoms with Crippen LogP contribution in [0.4, 0.5) is 0 Å². The first-order valence-corrected chi connectivity index (χ1v) is 6.91. The van der Waals surface area contributed by atoms with Crippen LogP contribution < -0.4 is 0 Å². The molecule has 0 unspecified atom stereocenters. The van der Waals surface area contributed by atoms with Crippen molar-refractivity contribution in [2.24, 2.45) is 0 Å². The topological polar surface area (TPSA) is 26.3 Å². The zero-order valence-corrected chi connectivity index (χ0v) is 12.2. The molecule has 1 aromatic carbocycles. The zero-order valence-electron chi connectivity index (χ0n) is 12.2. The van der Waals surface area contributed by atoms with Gasteiger partial charge in [0.25, 0.3) is 0 Å². The minimum absolute atomic E-state index is 0.114. The number of carbonyl (C=O) groups is 1. The lowest BCUT2D eigenvalue weighted by atomic mass is 10.1. The summed E-state index contributed by atoms with van der Waals surface area (Å²) in [5.74, 6) is -0.114. The van der Waals surface area contributed by atoms with Crippen molar-refractivity contribution in [1.29, 1.82) is 0 Å². The number of esters is 1. The van der Waals surface area contributed by atoms with E-state index in [9.17, 15) is 4.79 Å². The molecule has 1 rings (SSSR count). The van der Waals surface area contributed by atoms with Gasteiger partial charge in [-0.1, -0.05) is 51.5 Å². The molecule has 0 N–H and O–H groups in total. The molecule has 0 aliphatic rings. The smallest absolute Gasteiger partial charge is 0.306 e. The third-order valence-electron chi connectivity index (χ3n) is 2.35. The van der Waals surface area contributed by atoms with E-state index >= 15 is 0 Å². The van der Waals surface area contributed by atoms with Gasteiger partial charge in [-0.2, -0.15) is 0 Å². The summed E-state index contributed by atoms with van der Waals surface area (Å²) in [4.78, 5) is 11.1. The highest BCUT2D eigenvalue weighted by Crippen LogP contribution is 2.07. The van der Waals surface area contributed by atoms with Gasteiger partial charge in [0.2, 0.25) is 0 Å². The first-order valence-electron chi connectivity index (χ1n) is 6.91. The maximum absolute atomic E-state index is 11.1. The second kappa shape index (κ2) is 10.8. The summed E-state index contributed by atoms with van der Waals surface area (Å²) in [5, 5.41) is 0. The van der Waals surface area contributed by atoms with Crippen molar-refractivity contribution in [2.45, 2.75) is 53.4 Å². The zero-order chi connectivity index (χ0) is 13.8. The van der Waals surface area contributed by atoms with E-state index in [1.807, 2.05) is 6.92 Å². The van der Waals surface area contributed by atoms with Crippen LogP contribution in [-0.4, -0.2) is 12.6 Å². The Bertz CT molecular complexity index is 314. The highest BCUT2D eigenvalue weighted by atomic mass is 16.5. The molecule has 0 atom stereocenters. The molecule has 0 saturated heterocycles. The molecule has 0 saturated carbocycles. The molecular weight excluding hydrogens is 224 g/mol. The molecule has 0 spiro atoms. The fraction of sp³-hybridized carbons (Fsp3) is 0.562. The molecular formula is C16H26O2. The van der Waals surface area contributed by atoms with Crippen LogP contribution in [0.15, 0.2) is 24.3 Å². The quantitative estimate of drug-likeness (QED) is 0.733. The largest absolute Gasteiger partial charge is 0.466 e. The number of aryl methyl sites for hydroxylation is 2. The van der Waals surface area contributed by atoms with Crippen molar-refractivity contribution in [1.82, 2.24) is 0 Å². The van der Waals surface area contributed by atoms with Crippen molar-refractivity contribution in [2.75, 3.05) is 6.61 Å². The Labute approximate surface area is 111 Å². The van der Waals surface area contributed by atoms with E-state index < -0.39 is 0 Å². The average molecular weight is 250 g/mol. The van der Waals surface area contributed by atoms with Crippen LogP contribution in [0.25, 0.3) is 0 Å². The first kappa shape index (κ1) is 16.7. The summed E-state index contributed by atoms with van der Waals surface area (Å²) in [5.41, 5.74) is 2.52. The lowest BCUT2D eigenvalue weighted by molar-refractivity contribution is -0.143. The second-order valence-corrected chi connectivity index (χ2v) is 4.18. The van der Waals surface area contributed by atoms with Gasteiger partial charge in [-0.3, -0.25) is 4.79 Å². The van der Waals surface area contributed by atoms with Gasteiger partial charge in [0.05, 0.1) is 6.61 Å². The fourth-order valence-corrected chi connectivity index (χ4v) is 1.42. The molecule has 2 heteroatoms. The maximum atomic E-state index is 11.1. The van der Waals surface area contributed by atoms with Gasteiger partial charge in [0.1, 0.15) is 0 Å². The van der Waals surface area contributed by atoms with Crippen LogP contribution in [0, 0.1) is 0 Å². The Morgan fingerprint density at radius 3 is 1.94 bits per heavy atom. The highest BCUT2D eigenvalue weighted by Gasteiger charge is 2.02. The minimum atomic E-state index is -0.114. The lowest BCUT2D eigenvalue weighted by Crippen LogP contribution is -2.05. The molecule has 0 amide bonds. The van der Waals surface area contributed by atoms with Crippen molar-refractivity contribution < 1.29 is 9.53 Å². The first-order chi connectivity index (χ1) is 8.67. The Kier molecular flexibility index (Phi) is 10.0. The van der Waals surface area contributed by atoms with Gasteiger partial charge >= 0.3 is 5.97 Å². The monoisotopic (exact) mass is 250 g/mol. The lowest BCUT2D eigenvalue weighted by Gasteiger charge is -2.03. The average Bonchev–Trinajstić information content (AvgIpc) is 2.38. The van der Waals surface area contributed by atoms with Crippen LogP contribution in [0.1, 0.15) is 51.7 Å². The van der Waals surface area contributed by atoms with Gasteiger partial charge in [-0.05, 0) is 30.9 Å². The van der Waals surface area contributed by atoms with Gasteiger partial charge in [-0.15, -0.1) is 0 Å². The Hall–Kier alpha value is -1.31. The third kappa shape index (κ3) is 7.88. The SMILES string of the molecule is CCC.CCOC(=O)CCc1ccc(CC)cc1.